The average Bonchev–Trinajstić information content (AvgIpc) is 2.60. The molecule has 5 nitrogen and oxygen atoms in total. The van der Waals surface area contributed by atoms with Gasteiger partial charge in [-0.1, -0.05) is 6.42 Å². The van der Waals surface area contributed by atoms with Gasteiger partial charge in [-0.25, -0.2) is 9.97 Å². The number of anilines is 1. The van der Waals surface area contributed by atoms with Crippen LogP contribution in [0.5, 0.6) is 5.75 Å². The summed E-state index contributed by atoms with van der Waals surface area (Å²) in [6.45, 7) is 1.13. The molecule has 2 N–H and O–H groups in total. The molecular weight excluding hydrogens is 300 g/mol. The van der Waals surface area contributed by atoms with E-state index in [1.165, 1.54) is 19.3 Å². The number of aryl methyl sites for hydroxylation is 1. The van der Waals surface area contributed by atoms with Gasteiger partial charge in [0.15, 0.2) is 0 Å². The first-order valence-electron chi connectivity index (χ1n) is 8.68. The van der Waals surface area contributed by atoms with E-state index in [0.29, 0.717) is 11.8 Å². The summed E-state index contributed by atoms with van der Waals surface area (Å²) in [5.74, 6) is 1.15. The molecule has 2 heterocycles. The molecule has 0 bridgehead atoms. The maximum absolute atomic E-state index is 10.1. The molecule has 1 aliphatic heterocycles. The maximum Gasteiger partial charge on any atom is 0.132 e. The van der Waals surface area contributed by atoms with Crippen LogP contribution in [0.3, 0.4) is 0 Å². The zero-order valence-electron chi connectivity index (χ0n) is 14.5. The molecule has 0 radical (unpaired) electrons. The molecule has 0 amide bonds. The van der Waals surface area contributed by atoms with Gasteiger partial charge in [0.1, 0.15) is 17.9 Å². The fourth-order valence-corrected chi connectivity index (χ4v) is 3.23. The largest absolute Gasteiger partial charge is 0.508 e. The lowest BCUT2D eigenvalue weighted by Crippen LogP contribution is -2.34. The molecule has 0 unspecified atom stereocenters. The van der Waals surface area contributed by atoms with E-state index in [4.69, 9.17) is 0 Å². The number of phenolic OH excluding ortho intramolecular Hbond substituents is 1. The number of nitrogens with zero attached hydrogens (tertiary/aromatic N) is 3. The number of benzene rings is 1. The van der Waals surface area contributed by atoms with E-state index >= 15 is 0 Å². The predicted octanol–water partition coefficient (Wildman–Crippen LogP) is 2.99. The summed E-state index contributed by atoms with van der Waals surface area (Å²) in [5, 5.41) is 13.7. The Bertz CT molecular complexity index is 681. The lowest BCUT2D eigenvalue weighted by molar-refractivity contribution is 0.382. The third-order valence-electron chi connectivity index (χ3n) is 4.58. The first kappa shape index (κ1) is 16.7. The van der Waals surface area contributed by atoms with E-state index < -0.39 is 0 Å². The number of aromatic nitrogens is 2. The molecule has 0 aliphatic carbocycles. The quantitative estimate of drug-likeness (QED) is 0.884. The van der Waals surface area contributed by atoms with E-state index in [-0.39, 0.29) is 0 Å². The van der Waals surface area contributed by atoms with Gasteiger partial charge in [-0.15, -0.1) is 0 Å². The highest BCUT2D eigenvalue weighted by Crippen LogP contribution is 2.26. The smallest absolute Gasteiger partial charge is 0.132 e. The third kappa shape index (κ3) is 4.23. The molecule has 1 fully saturated rings. The van der Waals surface area contributed by atoms with Crippen LogP contribution < -0.4 is 10.2 Å². The van der Waals surface area contributed by atoms with Crippen molar-refractivity contribution in [1.82, 2.24) is 15.3 Å². The summed E-state index contributed by atoms with van der Waals surface area (Å²) in [5.41, 5.74) is 2.93. The molecule has 24 heavy (non-hydrogen) atoms. The number of hydrogen-bond donors (Lipinski definition) is 2. The summed E-state index contributed by atoms with van der Waals surface area (Å²) in [6, 6.07) is 8.31. The Labute approximate surface area is 143 Å². The standard InChI is InChI=1S/C19H26N4O/c1-23(2)19-12-18(21-13-22-19)15-9-14(10-17(24)11-15)6-7-16-5-3-4-8-20-16/h9-13,16,20,24H,3-8H2,1-2H3/t16-/m0/s1. The number of aromatic hydroxyl groups is 1. The normalized spacial score (nSPS) is 17.7. The van der Waals surface area contributed by atoms with E-state index in [1.807, 2.05) is 31.1 Å². The van der Waals surface area contributed by atoms with Gasteiger partial charge in [0.05, 0.1) is 5.69 Å². The summed E-state index contributed by atoms with van der Waals surface area (Å²) >= 11 is 0. The molecule has 2 aromatic rings. The molecular formula is C19H26N4O. The van der Waals surface area contributed by atoms with Gasteiger partial charge in [-0.3, -0.25) is 0 Å². The second-order valence-electron chi connectivity index (χ2n) is 6.73. The highest BCUT2D eigenvalue weighted by molar-refractivity contribution is 5.65. The van der Waals surface area contributed by atoms with Crippen molar-refractivity contribution in [3.63, 3.8) is 0 Å². The van der Waals surface area contributed by atoms with Crippen molar-refractivity contribution in [2.45, 2.75) is 38.1 Å². The van der Waals surface area contributed by atoms with Gasteiger partial charge < -0.3 is 15.3 Å². The van der Waals surface area contributed by atoms with Crippen LogP contribution in [-0.4, -0.2) is 41.8 Å². The number of phenols is 1. The second-order valence-corrected chi connectivity index (χ2v) is 6.73. The Hall–Kier alpha value is -2.14. The van der Waals surface area contributed by atoms with Crippen molar-refractivity contribution < 1.29 is 5.11 Å². The van der Waals surface area contributed by atoms with Gasteiger partial charge in [0.25, 0.3) is 0 Å². The fourth-order valence-electron chi connectivity index (χ4n) is 3.23. The van der Waals surface area contributed by atoms with Crippen LogP contribution in [0.15, 0.2) is 30.6 Å². The Morgan fingerprint density at radius 2 is 2.04 bits per heavy atom. The number of nitrogens with one attached hydrogen (secondary N) is 1. The van der Waals surface area contributed by atoms with Crippen molar-refractivity contribution in [3.05, 3.63) is 36.2 Å². The number of rotatable bonds is 5. The first-order valence-corrected chi connectivity index (χ1v) is 8.68. The lowest BCUT2D eigenvalue weighted by atomic mass is 9.96. The highest BCUT2D eigenvalue weighted by Gasteiger charge is 2.13. The summed E-state index contributed by atoms with van der Waals surface area (Å²) in [6.07, 6.45) is 7.50. The summed E-state index contributed by atoms with van der Waals surface area (Å²) in [7, 11) is 3.91. The molecule has 1 saturated heterocycles. The minimum absolute atomic E-state index is 0.295. The summed E-state index contributed by atoms with van der Waals surface area (Å²) in [4.78, 5) is 10.6. The number of hydrogen-bond acceptors (Lipinski definition) is 5. The van der Waals surface area contributed by atoms with Gasteiger partial charge in [0.2, 0.25) is 0 Å². The van der Waals surface area contributed by atoms with Crippen LogP contribution >= 0.6 is 0 Å². The zero-order valence-corrected chi connectivity index (χ0v) is 14.5. The maximum atomic E-state index is 10.1. The Morgan fingerprint density at radius 1 is 1.17 bits per heavy atom. The van der Waals surface area contributed by atoms with E-state index in [0.717, 1.165) is 42.0 Å². The van der Waals surface area contributed by atoms with E-state index in [9.17, 15) is 5.11 Å². The van der Waals surface area contributed by atoms with Crippen molar-refractivity contribution in [2.24, 2.45) is 0 Å². The topological polar surface area (TPSA) is 61.3 Å². The average molecular weight is 326 g/mol. The monoisotopic (exact) mass is 326 g/mol. The van der Waals surface area contributed by atoms with Crippen molar-refractivity contribution in [2.75, 3.05) is 25.5 Å². The molecule has 5 heteroatoms. The molecule has 1 aromatic heterocycles. The fraction of sp³-hybridized carbons (Fsp3) is 0.474. The molecule has 0 spiro atoms. The SMILES string of the molecule is CN(C)c1cc(-c2cc(O)cc(CC[C@@H]3CCCCN3)c2)ncn1. The van der Waals surface area contributed by atoms with Crippen LogP contribution in [0.2, 0.25) is 0 Å². The van der Waals surface area contributed by atoms with Crippen molar-refractivity contribution in [3.8, 4) is 17.0 Å². The molecule has 1 aliphatic rings. The summed E-state index contributed by atoms with van der Waals surface area (Å²) < 4.78 is 0. The molecule has 1 atom stereocenters. The third-order valence-corrected chi connectivity index (χ3v) is 4.58. The van der Waals surface area contributed by atoms with Gasteiger partial charge in [0, 0.05) is 31.8 Å². The van der Waals surface area contributed by atoms with Crippen molar-refractivity contribution >= 4 is 5.82 Å². The zero-order chi connectivity index (χ0) is 16.9. The molecule has 0 saturated carbocycles. The van der Waals surface area contributed by atoms with Gasteiger partial charge in [-0.05, 0) is 56.0 Å². The van der Waals surface area contributed by atoms with Crippen molar-refractivity contribution in [1.29, 1.82) is 0 Å². The van der Waals surface area contributed by atoms with Crippen LogP contribution in [0.1, 0.15) is 31.2 Å². The second kappa shape index (κ2) is 7.62. The predicted molar refractivity (Wildman–Crippen MR) is 97.4 cm³/mol. The number of piperidine rings is 1. The Morgan fingerprint density at radius 3 is 2.79 bits per heavy atom. The Balaban J connectivity index is 1.77. The Kier molecular flexibility index (Phi) is 5.30. The minimum Gasteiger partial charge on any atom is -0.508 e. The van der Waals surface area contributed by atoms with Gasteiger partial charge in [-0.2, -0.15) is 0 Å². The minimum atomic E-state index is 0.295. The molecule has 1 aromatic carbocycles. The van der Waals surface area contributed by atoms with Crippen LogP contribution in [0, 0.1) is 0 Å². The van der Waals surface area contributed by atoms with Crippen LogP contribution in [-0.2, 0) is 6.42 Å². The van der Waals surface area contributed by atoms with E-state index in [2.05, 4.69) is 21.4 Å². The van der Waals surface area contributed by atoms with Crippen LogP contribution in [0.4, 0.5) is 5.82 Å². The first-order chi connectivity index (χ1) is 11.6. The highest BCUT2D eigenvalue weighted by atomic mass is 16.3. The lowest BCUT2D eigenvalue weighted by Gasteiger charge is -2.23. The van der Waals surface area contributed by atoms with Gasteiger partial charge >= 0.3 is 0 Å². The molecule has 3 rings (SSSR count). The van der Waals surface area contributed by atoms with E-state index in [1.54, 1.807) is 12.4 Å². The molecule has 128 valence electrons. The van der Waals surface area contributed by atoms with Crippen LogP contribution in [0.25, 0.3) is 11.3 Å².